The van der Waals surface area contributed by atoms with E-state index in [1.165, 1.54) is 12.4 Å². The molecule has 0 aliphatic carbocycles. The summed E-state index contributed by atoms with van der Waals surface area (Å²) in [6.07, 6.45) is 2.54. The second-order valence-corrected chi connectivity index (χ2v) is 5.76. The van der Waals surface area contributed by atoms with Crippen LogP contribution in [0, 0.1) is 0 Å². The molecule has 4 N–H and O–H groups in total. The van der Waals surface area contributed by atoms with Crippen LogP contribution in [0.5, 0.6) is 0 Å². The van der Waals surface area contributed by atoms with Crippen molar-refractivity contribution >= 4 is 27.0 Å². The number of pyridine rings is 1. The van der Waals surface area contributed by atoms with E-state index < -0.39 is 28.6 Å². The van der Waals surface area contributed by atoms with Crippen molar-refractivity contribution in [3.8, 4) is 0 Å². The molecule has 108 valence electrons. The maximum atomic E-state index is 12.2. The van der Waals surface area contributed by atoms with Crippen molar-refractivity contribution in [2.45, 2.75) is 17.4 Å². The van der Waals surface area contributed by atoms with Gasteiger partial charge in [0.05, 0.1) is 0 Å². The Balaban J connectivity index is 2.37. The Morgan fingerprint density at radius 1 is 1.50 bits per heavy atom. The largest absolute Gasteiger partial charge is 0.480 e. The molecule has 0 bridgehead atoms. The van der Waals surface area contributed by atoms with E-state index in [1.54, 1.807) is 12.1 Å². The number of fused-ring (bicyclic) bond motifs is 1. The van der Waals surface area contributed by atoms with Gasteiger partial charge in [-0.2, -0.15) is 4.72 Å². The Bertz CT molecular complexity index is 724. The molecule has 0 radical (unpaired) electrons. The molecule has 0 amide bonds. The van der Waals surface area contributed by atoms with E-state index in [4.69, 9.17) is 10.2 Å². The Morgan fingerprint density at radius 2 is 2.25 bits per heavy atom. The molecular formula is C11H13N3O5S. The summed E-state index contributed by atoms with van der Waals surface area (Å²) in [6, 6.07) is 1.76. The zero-order chi connectivity index (χ0) is 14.8. The predicted octanol–water partition coefficient (Wildman–Crippen LogP) is -0.323. The molecule has 0 saturated heterocycles. The van der Waals surface area contributed by atoms with Crippen LogP contribution in [0.3, 0.4) is 0 Å². The van der Waals surface area contributed by atoms with Crippen molar-refractivity contribution in [2.24, 2.45) is 0 Å². The van der Waals surface area contributed by atoms with Gasteiger partial charge in [0.15, 0.2) is 0 Å². The Morgan fingerprint density at radius 3 is 2.90 bits per heavy atom. The van der Waals surface area contributed by atoms with Crippen LogP contribution < -0.4 is 4.72 Å². The predicted molar refractivity (Wildman–Crippen MR) is 69.5 cm³/mol. The van der Waals surface area contributed by atoms with Gasteiger partial charge < -0.3 is 15.2 Å². The average molecular weight is 299 g/mol. The van der Waals surface area contributed by atoms with Crippen molar-refractivity contribution in [1.29, 1.82) is 0 Å². The minimum atomic E-state index is -4.02. The number of nitrogens with zero attached hydrogens (tertiary/aromatic N) is 1. The third kappa shape index (κ3) is 2.79. The molecule has 2 aromatic rings. The lowest BCUT2D eigenvalue weighted by atomic mass is 10.2. The smallest absolute Gasteiger partial charge is 0.321 e. The normalized spacial score (nSPS) is 13.4. The number of aliphatic hydroxyl groups excluding tert-OH is 1. The van der Waals surface area contributed by atoms with E-state index in [-0.39, 0.29) is 11.3 Å². The number of sulfonamides is 1. The van der Waals surface area contributed by atoms with Crippen molar-refractivity contribution < 1.29 is 23.4 Å². The number of H-pyrrole nitrogens is 1. The number of aromatic amines is 1. The quantitative estimate of drug-likeness (QED) is 0.577. The average Bonchev–Trinajstić information content (AvgIpc) is 2.82. The lowest BCUT2D eigenvalue weighted by Crippen LogP contribution is -2.41. The molecule has 9 heteroatoms. The van der Waals surface area contributed by atoms with E-state index in [0.29, 0.717) is 11.0 Å². The highest BCUT2D eigenvalue weighted by atomic mass is 32.2. The molecule has 20 heavy (non-hydrogen) atoms. The summed E-state index contributed by atoms with van der Waals surface area (Å²) in [5.74, 6) is -1.35. The molecule has 0 aliphatic rings. The number of carboxylic acids is 1. The topological polar surface area (TPSA) is 132 Å². The maximum Gasteiger partial charge on any atom is 0.321 e. The standard InChI is InChI=1S/C11H13N3O5S/c15-5-3-8(11(16)17)14-20(18,19)9-6-13-10-7(9)2-1-4-12-10/h1-2,4,6,8,14-15H,3,5H2,(H,12,13)(H,16,17). The number of hydrogen-bond donors (Lipinski definition) is 4. The number of aliphatic carboxylic acids is 1. The number of carbonyl (C=O) groups is 1. The minimum Gasteiger partial charge on any atom is -0.480 e. The van der Waals surface area contributed by atoms with Gasteiger partial charge in [-0.3, -0.25) is 4.79 Å². The summed E-state index contributed by atoms with van der Waals surface area (Å²) in [7, 11) is -4.02. The summed E-state index contributed by atoms with van der Waals surface area (Å²) in [4.78, 5) is 17.5. The number of rotatable bonds is 6. The van der Waals surface area contributed by atoms with Gasteiger partial charge in [-0.25, -0.2) is 13.4 Å². The zero-order valence-electron chi connectivity index (χ0n) is 10.3. The first-order valence-electron chi connectivity index (χ1n) is 5.74. The van der Waals surface area contributed by atoms with Crippen LogP contribution in [0.1, 0.15) is 6.42 Å². The Labute approximate surface area is 114 Å². The molecule has 0 aromatic carbocycles. The fraction of sp³-hybridized carbons (Fsp3) is 0.273. The lowest BCUT2D eigenvalue weighted by molar-refractivity contribution is -0.139. The van der Waals surface area contributed by atoms with Gasteiger partial charge in [-0.05, 0) is 18.6 Å². The second kappa shape index (κ2) is 5.57. The van der Waals surface area contributed by atoms with E-state index in [9.17, 15) is 13.2 Å². The van der Waals surface area contributed by atoms with Crippen LogP contribution in [-0.4, -0.2) is 47.2 Å². The molecule has 8 nitrogen and oxygen atoms in total. The van der Waals surface area contributed by atoms with Gasteiger partial charge in [-0.15, -0.1) is 0 Å². The highest BCUT2D eigenvalue weighted by molar-refractivity contribution is 7.89. The van der Waals surface area contributed by atoms with Crippen LogP contribution >= 0.6 is 0 Å². The fourth-order valence-electron chi connectivity index (χ4n) is 1.77. The summed E-state index contributed by atoms with van der Waals surface area (Å²) < 4.78 is 26.4. The first-order chi connectivity index (χ1) is 9.45. The summed E-state index contributed by atoms with van der Waals surface area (Å²) in [5.41, 5.74) is 0.391. The van der Waals surface area contributed by atoms with E-state index >= 15 is 0 Å². The first-order valence-corrected chi connectivity index (χ1v) is 7.22. The van der Waals surface area contributed by atoms with Gasteiger partial charge in [-0.1, -0.05) is 0 Å². The van der Waals surface area contributed by atoms with Crippen molar-refractivity contribution in [2.75, 3.05) is 6.61 Å². The molecule has 2 heterocycles. The molecule has 0 fully saturated rings. The van der Waals surface area contributed by atoms with Crippen LogP contribution in [0.2, 0.25) is 0 Å². The molecule has 2 aromatic heterocycles. The van der Waals surface area contributed by atoms with Crippen molar-refractivity contribution in [3.63, 3.8) is 0 Å². The van der Waals surface area contributed by atoms with Gasteiger partial charge in [0.25, 0.3) is 0 Å². The maximum absolute atomic E-state index is 12.2. The van der Waals surface area contributed by atoms with Gasteiger partial charge in [0, 0.05) is 24.4 Å². The second-order valence-electron chi connectivity index (χ2n) is 4.08. The van der Waals surface area contributed by atoms with Crippen molar-refractivity contribution in [3.05, 3.63) is 24.5 Å². The SMILES string of the molecule is O=C(O)C(CCO)NS(=O)(=O)c1c[nH]c2ncccc12. The third-order valence-corrected chi connectivity index (χ3v) is 4.23. The molecule has 1 atom stereocenters. The summed E-state index contributed by atoms with van der Waals surface area (Å²) >= 11 is 0. The number of nitrogens with one attached hydrogen (secondary N) is 2. The number of aromatic nitrogens is 2. The van der Waals surface area contributed by atoms with Crippen LogP contribution in [0.4, 0.5) is 0 Å². The summed E-state index contributed by atoms with van der Waals surface area (Å²) in [5, 5.41) is 18.1. The fourth-order valence-corrected chi connectivity index (χ4v) is 3.15. The molecule has 2 rings (SSSR count). The molecule has 1 unspecified atom stereocenters. The molecule has 0 saturated carbocycles. The Kier molecular flexibility index (Phi) is 4.02. The van der Waals surface area contributed by atoms with E-state index in [2.05, 4.69) is 14.7 Å². The van der Waals surface area contributed by atoms with E-state index in [1.807, 2.05) is 0 Å². The molecular weight excluding hydrogens is 286 g/mol. The summed E-state index contributed by atoms with van der Waals surface area (Å²) in [6.45, 7) is -0.436. The van der Waals surface area contributed by atoms with Gasteiger partial charge in [0.2, 0.25) is 10.0 Å². The monoisotopic (exact) mass is 299 g/mol. The van der Waals surface area contributed by atoms with Crippen molar-refractivity contribution in [1.82, 2.24) is 14.7 Å². The van der Waals surface area contributed by atoms with Gasteiger partial charge >= 0.3 is 5.97 Å². The third-order valence-electron chi connectivity index (χ3n) is 2.72. The van der Waals surface area contributed by atoms with E-state index in [0.717, 1.165) is 0 Å². The zero-order valence-corrected chi connectivity index (χ0v) is 11.1. The molecule has 0 aliphatic heterocycles. The minimum absolute atomic E-state index is 0.0789. The highest BCUT2D eigenvalue weighted by Crippen LogP contribution is 2.20. The van der Waals surface area contributed by atoms with Gasteiger partial charge in [0.1, 0.15) is 16.6 Å². The van der Waals surface area contributed by atoms with Crippen LogP contribution in [0.15, 0.2) is 29.4 Å². The lowest BCUT2D eigenvalue weighted by Gasteiger charge is -2.12. The molecule has 0 spiro atoms. The number of carboxylic acid groups (broad SMARTS) is 1. The number of hydrogen-bond acceptors (Lipinski definition) is 5. The first kappa shape index (κ1) is 14.4. The van der Waals surface area contributed by atoms with Crippen LogP contribution in [-0.2, 0) is 14.8 Å². The Hall–Kier alpha value is -1.97. The highest BCUT2D eigenvalue weighted by Gasteiger charge is 2.27. The number of aliphatic hydroxyl groups is 1. The van der Waals surface area contributed by atoms with Crippen LogP contribution in [0.25, 0.3) is 11.0 Å².